The van der Waals surface area contributed by atoms with Crippen molar-refractivity contribution in [2.75, 3.05) is 26.2 Å². The molecule has 1 saturated heterocycles. The molecule has 1 aliphatic heterocycles. The van der Waals surface area contributed by atoms with Crippen LogP contribution >= 0.6 is 11.6 Å². The molecule has 1 unspecified atom stereocenters. The van der Waals surface area contributed by atoms with E-state index in [9.17, 15) is 9.65 Å². The lowest BCUT2D eigenvalue weighted by Gasteiger charge is -2.37. The molecule has 1 atom stereocenters. The molecule has 1 aromatic carbocycles. The highest BCUT2D eigenvalue weighted by Gasteiger charge is 2.23. The Bertz CT molecular complexity index is 507. The third-order valence-corrected chi connectivity index (χ3v) is 4.41. The van der Waals surface area contributed by atoms with E-state index in [0.29, 0.717) is 6.54 Å². The van der Waals surface area contributed by atoms with Crippen molar-refractivity contribution in [3.8, 4) is 6.07 Å². The first-order valence-corrected chi connectivity index (χ1v) is 7.82. The molecule has 0 amide bonds. The molecule has 0 aliphatic carbocycles. The van der Waals surface area contributed by atoms with Crippen LogP contribution in [0.2, 0.25) is 5.02 Å². The average Bonchev–Trinajstić information content (AvgIpc) is 2.50. The van der Waals surface area contributed by atoms with Crippen molar-refractivity contribution < 1.29 is 4.39 Å². The van der Waals surface area contributed by atoms with Gasteiger partial charge in [-0.15, -0.1) is 0 Å². The van der Waals surface area contributed by atoms with Gasteiger partial charge in [0.25, 0.3) is 0 Å². The minimum absolute atomic E-state index is 0.0231. The second-order valence-electron chi connectivity index (χ2n) is 5.46. The fourth-order valence-corrected chi connectivity index (χ4v) is 2.93. The Morgan fingerprint density at radius 2 is 2.05 bits per heavy atom. The van der Waals surface area contributed by atoms with E-state index in [2.05, 4.69) is 22.8 Å². The summed E-state index contributed by atoms with van der Waals surface area (Å²) in [5, 5.41) is 9.44. The van der Waals surface area contributed by atoms with Crippen molar-refractivity contribution in [2.24, 2.45) is 0 Å². The van der Waals surface area contributed by atoms with E-state index in [1.165, 1.54) is 6.07 Å². The van der Waals surface area contributed by atoms with Crippen LogP contribution in [0.15, 0.2) is 18.2 Å². The minimum Gasteiger partial charge on any atom is -0.296 e. The summed E-state index contributed by atoms with van der Waals surface area (Å²) in [6, 6.07) is 7.36. The lowest BCUT2D eigenvalue weighted by atomic mass is 10.1. The summed E-state index contributed by atoms with van der Waals surface area (Å²) >= 11 is 6.00. The minimum atomic E-state index is -0.361. The van der Waals surface area contributed by atoms with Crippen LogP contribution in [0, 0.1) is 17.1 Å². The molecule has 3 nitrogen and oxygen atoms in total. The van der Waals surface area contributed by atoms with E-state index in [0.717, 1.165) is 44.6 Å². The van der Waals surface area contributed by atoms with Gasteiger partial charge in [0.05, 0.1) is 17.1 Å². The normalized spacial score (nSPS) is 18.4. The molecule has 2 rings (SSSR count). The molecule has 0 saturated carbocycles. The molecular formula is C16H21ClFN3. The topological polar surface area (TPSA) is 30.3 Å². The highest BCUT2D eigenvalue weighted by atomic mass is 35.5. The smallest absolute Gasteiger partial charge is 0.142 e. The van der Waals surface area contributed by atoms with E-state index in [1.807, 2.05) is 6.07 Å². The van der Waals surface area contributed by atoms with Gasteiger partial charge in [0.1, 0.15) is 5.82 Å². The van der Waals surface area contributed by atoms with Gasteiger partial charge >= 0.3 is 0 Å². The van der Waals surface area contributed by atoms with Crippen molar-refractivity contribution >= 4 is 11.6 Å². The van der Waals surface area contributed by atoms with Crippen LogP contribution in [-0.4, -0.2) is 42.0 Å². The number of hydrogen-bond donors (Lipinski definition) is 0. The summed E-state index contributed by atoms with van der Waals surface area (Å²) in [5.41, 5.74) is 0.829. The number of hydrogen-bond acceptors (Lipinski definition) is 3. The van der Waals surface area contributed by atoms with Gasteiger partial charge in [-0.2, -0.15) is 5.26 Å². The standard InChI is InChI=1S/C16H21ClFN3/c1-2-4-14(11-19)21-9-7-20(8-10-21)12-13-5-3-6-15(18)16(13)17/h3,5-6,14H,2,4,7-10,12H2,1H3. The maximum absolute atomic E-state index is 13.4. The van der Waals surface area contributed by atoms with Crippen LogP contribution in [0.5, 0.6) is 0 Å². The van der Waals surface area contributed by atoms with Gasteiger partial charge in [-0.3, -0.25) is 9.80 Å². The highest BCUT2D eigenvalue weighted by Crippen LogP contribution is 2.22. The van der Waals surface area contributed by atoms with Gasteiger partial charge in [0.15, 0.2) is 0 Å². The molecule has 1 aliphatic rings. The Morgan fingerprint density at radius 3 is 2.67 bits per heavy atom. The molecule has 0 radical (unpaired) electrons. The van der Waals surface area contributed by atoms with Crippen LogP contribution in [-0.2, 0) is 6.54 Å². The van der Waals surface area contributed by atoms with E-state index in [4.69, 9.17) is 11.6 Å². The third kappa shape index (κ3) is 4.16. The summed E-state index contributed by atoms with van der Waals surface area (Å²) in [5.74, 6) is -0.361. The molecular weight excluding hydrogens is 289 g/mol. The first-order chi connectivity index (χ1) is 10.2. The number of rotatable bonds is 5. The summed E-state index contributed by atoms with van der Waals surface area (Å²) < 4.78 is 13.4. The second-order valence-corrected chi connectivity index (χ2v) is 5.84. The molecule has 0 spiro atoms. The van der Waals surface area contributed by atoms with Crippen LogP contribution in [0.1, 0.15) is 25.3 Å². The molecule has 114 valence electrons. The number of halogens is 2. The fraction of sp³-hybridized carbons (Fsp3) is 0.562. The van der Waals surface area contributed by atoms with Gasteiger partial charge in [-0.25, -0.2) is 4.39 Å². The Kier molecular flexibility index (Phi) is 5.98. The monoisotopic (exact) mass is 309 g/mol. The maximum Gasteiger partial charge on any atom is 0.142 e. The number of piperazine rings is 1. The summed E-state index contributed by atoms with van der Waals surface area (Å²) in [4.78, 5) is 4.50. The number of nitriles is 1. The first kappa shape index (κ1) is 16.2. The van der Waals surface area contributed by atoms with E-state index in [-0.39, 0.29) is 16.9 Å². The second kappa shape index (κ2) is 7.74. The maximum atomic E-state index is 13.4. The Morgan fingerprint density at radius 1 is 1.33 bits per heavy atom. The molecule has 21 heavy (non-hydrogen) atoms. The van der Waals surface area contributed by atoms with Crippen LogP contribution in [0.4, 0.5) is 4.39 Å². The van der Waals surface area contributed by atoms with Crippen LogP contribution < -0.4 is 0 Å². The van der Waals surface area contributed by atoms with E-state index < -0.39 is 0 Å². The lowest BCUT2D eigenvalue weighted by Crippen LogP contribution is -2.49. The highest BCUT2D eigenvalue weighted by molar-refractivity contribution is 6.31. The quantitative estimate of drug-likeness (QED) is 0.836. The fourth-order valence-electron chi connectivity index (χ4n) is 2.75. The zero-order valence-electron chi connectivity index (χ0n) is 12.4. The van der Waals surface area contributed by atoms with E-state index >= 15 is 0 Å². The number of benzene rings is 1. The average molecular weight is 310 g/mol. The van der Waals surface area contributed by atoms with Crippen molar-refractivity contribution in [3.63, 3.8) is 0 Å². The molecule has 1 aromatic rings. The molecule has 0 N–H and O–H groups in total. The predicted molar refractivity (Wildman–Crippen MR) is 82.6 cm³/mol. The Hall–Kier alpha value is -1.15. The largest absolute Gasteiger partial charge is 0.296 e. The van der Waals surface area contributed by atoms with Crippen molar-refractivity contribution in [1.29, 1.82) is 5.26 Å². The SMILES string of the molecule is CCCC(C#N)N1CCN(Cc2cccc(F)c2Cl)CC1. The zero-order valence-corrected chi connectivity index (χ0v) is 13.1. The molecule has 1 heterocycles. The summed E-state index contributed by atoms with van der Waals surface area (Å²) in [6.45, 7) is 6.29. The van der Waals surface area contributed by atoms with Crippen LogP contribution in [0.25, 0.3) is 0 Å². The zero-order chi connectivity index (χ0) is 15.2. The third-order valence-electron chi connectivity index (χ3n) is 3.98. The summed E-state index contributed by atoms with van der Waals surface area (Å²) in [7, 11) is 0. The lowest BCUT2D eigenvalue weighted by molar-refractivity contribution is 0.106. The van der Waals surface area contributed by atoms with Gasteiger partial charge in [-0.05, 0) is 18.1 Å². The van der Waals surface area contributed by atoms with Crippen molar-refractivity contribution in [2.45, 2.75) is 32.4 Å². The van der Waals surface area contributed by atoms with Crippen LogP contribution in [0.3, 0.4) is 0 Å². The number of nitrogens with zero attached hydrogens (tertiary/aromatic N) is 3. The molecule has 1 fully saturated rings. The molecule has 0 bridgehead atoms. The van der Waals surface area contributed by atoms with Gasteiger partial charge in [0, 0.05) is 32.7 Å². The van der Waals surface area contributed by atoms with Gasteiger partial charge < -0.3 is 0 Å². The summed E-state index contributed by atoms with van der Waals surface area (Å²) in [6.07, 6.45) is 1.95. The first-order valence-electron chi connectivity index (χ1n) is 7.44. The molecule has 0 aromatic heterocycles. The van der Waals surface area contributed by atoms with Gasteiger partial charge in [0.2, 0.25) is 0 Å². The van der Waals surface area contributed by atoms with Gasteiger partial charge in [-0.1, -0.05) is 37.1 Å². The molecule has 5 heteroatoms. The predicted octanol–water partition coefficient (Wildman–Crippen LogP) is 3.29. The van der Waals surface area contributed by atoms with E-state index in [1.54, 1.807) is 6.07 Å². The Labute approximate surface area is 130 Å². The van der Waals surface area contributed by atoms with Crippen molar-refractivity contribution in [1.82, 2.24) is 9.80 Å². The van der Waals surface area contributed by atoms with Crippen molar-refractivity contribution in [3.05, 3.63) is 34.6 Å². The Balaban J connectivity index is 1.90.